The van der Waals surface area contributed by atoms with E-state index in [1.165, 1.54) is 37.3 Å². The highest BCUT2D eigenvalue weighted by molar-refractivity contribution is 7.20. The number of aromatic nitrogens is 4. The number of aryl methyl sites for hydroxylation is 1. The van der Waals surface area contributed by atoms with Crippen LogP contribution in [0.15, 0.2) is 30.5 Å². The number of methoxy groups -OCH3 is 1. The van der Waals surface area contributed by atoms with Gasteiger partial charge in [0.1, 0.15) is 21.9 Å². The highest BCUT2D eigenvalue weighted by atomic mass is 32.1. The van der Waals surface area contributed by atoms with Crippen molar-refractivity contribution in [3.05, 3.63) is 35.5 Å². The number of anilines is 2. The van der Waals surface area contributed by atoms with E-state index in [4.69, 9.17) is 9.72 Å². The molecule has 10 heteroatoms. The van der Waals surface area contributed by atoms with Crippen molar-refractivity contribution in [2.24, 2.45) is 7.05 Å². The lowest BCUT2D eigenvalue weighted by Gasteiger charge is -2.36. The van der Waals surface area contributed by atoms with Crippen LogP contribution < -0.4 is 15.0 Å². The molecule has 3 aromatic heterocycles. The minimum Gasteiger partial charge on any atom is -0.494 e. The molecule has 170 valence electrons. The maximum Gasteiger partial charge on any atom is 0.284 e. The van der Waals surface area contributed by atoms with Crippen LogP contribution in [0.5, 0.6) is 5.75 Å². The fourth-order valence-electron chi connectivity index (χ4n) is 4.65. The molecule has 5 heterocycles. The number of rotatable bonds is 5. The van der Waals surface area contributed by atoms with E-state index in [-0.39, 0.29) is 5.91 Å². The van der Waals surface area contributed by atoms with Gasteiger partial charge in [0.15, 0.2) is 5.01 Å². The fourth-order valence-corrected chi connectivity index (χ4v) is 5.48. The third kappa shape index (κ3) is 3.68. The second-order valence-corrected chi connectivity index (χ2v) is 9.64. The first kappa shape index (κ1) is 20.4. The number of pyridine rings is 1. The average molecular weight is 464 g/mol. The summed E-state index contributed by atoms with van der Waals surface area (Å²) in [5.74, 6) is 1.24. The van der Waals surface area contributed by atoms with Gasteiger partial charge >= 0.3 is 0 Å². The average Bonchev–Trinajstić information content (AvgIpc) is 3.48. The first-order valence-corrected chi connectivity index (χ1v) is 12.0. The Hall–Kier alpha value is -3.24. The zero-order chi connectivity index (χ0) is 22.5. The molecule has 1 N–H and O–H groups in total. The van der Waals surface area contributed by atoms with Gasteiger partial charge in [0.25, 0.3) is 5.91 Å². The Kier molecular flexibility index (Phi) is 4.92. The number of benzene rings is 1. The Morgan fingerprint density at radius 2 is 2.06 bits per heavy atom. The van der Waals surface area contributed by atoms with Crippen LogP contribution in [0.25, 0.3) is 21.3 Å². The molecule has 1 unspecified atom stereocenters. The van der Waals surface area contributed by atoms with E-state index in [0.29, 0.717) is 22.5 Å². The van der Waals surface area contributed by atoms with Crippen LogP contribution >= 0.6 is 11.3 Å². The van der Waals surface area contributed by atoms with E-state index in [0.717, 1.165) is 40.2 Å². The molecule has 0 radical (unpaired) electrons. The number of nitrogens with zero attached hydrogens (tertiary/aromatic N) is 6. The molecule has 1 amide bonds. The van der Waals surface area contributed by atoms with Crippen molar-refractivity contribution in [1.82, 2.24) is 24.6 Å². The minimum absolute atomic E-state index is 0.278. The maximum absolute atomic E-state index is 13.0. The summed E-state index contributed by atoms with van der Waals surface area (Å²) in [6.45, 7) is 4.47. The van der Waals surface area contributed by atoms with Crippen molar-refractivity contribution in [2.45, 2.75) is 18.9 Å². The number of hydrogen-bond acceptors (Lipinski definition) is 8. The molecule has 1 atom stereocenters. The van der Waals surface area contributed by atoms with Crippen molar-refractivity contribution in [3.8, 4) is 5.75 Å². The Bertz CT molecular complexity index is 1360. The zero-order valence-electron chi connectivity index (χ0n) is 18.6. The van der Waals surface area contributed by atoms with Crippen LogP contribution in [-0.2, 0) is 7.05 Å². The van der Waals surface area contributed by atoms with Crippen molar-refractivity contribution in [2.75, 3.05) is 43.5 Å². The van der Waals surface area contributed by atoms with E-state index in [9.17, 15) is 4.79 Å². The summed E-state index contributed by atoms with van der Waals surface area (Å²) in [7, 11) is 3.44. The van der Waals surface area contributed by atoms with Gasteiger partial charge in [0.05, 0.1) is 18.3 Å². The number of hydrogen-bond donors (Lipinski definition) is 1. The molecule has 4 aromatic rings. The van der Waals surface area contributed by atoms with Gasteiger partial charge in [-0.25, -0.2) is 9.97 Å². The summed E-state index contributed by atoms with van der Waals surface area (Å²) in [6.07, 6.45) is 4.39. The number of ether oxygens (including phenoxy) is 1. The normalized spacial score (nSPS) is 18.7. The largest absolute Gasteiger partial charge is 0.494 e. The summed E-state index contributed by atoms with van der Waals surface area (Å²) in [4.78, 5) is 28.0. The lowest BCUT2D eigenvalue weighted by molar-refractivity contribution is 0.102. The van der Waals surface area contributed by atoms with E-state index >= 15 is 0 Å². The third-order valence-electron chi connectivity index (χ3n) is 6.52. The predicted molar refractivity (Wildman–Crippen MR) is 129 cm³/mol. The van der Waals surface area contributed by atoms with E-state index in [1.54, 1.807) is 11.8 Å². The topological polar surface area (TPSA) is 88.4 Å². The molecule has 2 fully saturated rings. The number of amides is 1. The molecular weight excluding hydrogens is 438 g/mol. The third-order valence-corrected chi connectivity index (χ3v) is 7.48. The second kappa shape index (κ2) is 7.96. The summed E-state index contributed by atoms with van der Waals surface area (Å²) in [5.41, 5.74) is 2.13. The van der Waals surface area contributed by atoms with Gasteiger partial charge < -0.3 is 15.0 Å². The van der Waals surface area contributed by atoms with Gasteiger partial charge in [-0.1, -0.05) is 11.3 Å². The Balaban J connectivity index is 1.23. The molecule has 6 rings (SSSR count). The number of carbonyl (C=O) groups is 1. The monoisotopic (exact) mass is 463 g/mol. The molecule has 2 saturated heterocycles. The smallest absolute Gasteiger partial charge is 0.284 e. The molecular formula is C23H25N7O2S. The molecule has 0 spiro atoms. The molecule has 2 aliphatic heterocycles. The molecule has 33 heavy (non-hydrogen) atoms. The van der Waals surface area contributed by atoms with E-state index < -0.39 is 0 Å². The number of carbonyl (C=O) groups excluding carboxylic acids is 1. The molecule has 9 nitrogen and oxygen atoms in total. The zero-order valence-corrected chi connectivity index (χ0v) is 19.4. The van der Waals surface area contributed by atoms with Crippen molar-refractivity contribution in [1.29, 1.82) is 0 Å². The standard InChI is InChI=1S/C23H25N7O2S/c1-28-12-14-10-18(19(32-2)11-17(14)27-28)24-21(31)23-25-16-4-5-20(26-22(16)33-23)30-9-6-15(13-30)29-7-3-8-29/h4-5,10-12,15H,3,6-9,13H2,1-2H3,(H,24,31). The lowest BCUT2D eigenvalue weighted by Crippen LogP contribution is -2.46. The van der Waals surface area contributed by atoms with Crippen LogP contribution in [-0.4, -0.2) is 69.9 Å². The van der Waals surface area contributed by atoms with Crippen LogP contribution in [0.1, 0.15) is 22.6 Å². The molecule has 0 saturated carbocycles. The SMILES string of the molecule is COc1cc2nn(C)cc2cc1NC(=O)c1nc2ccc(N3CCC(N4CCC4)C3)nc2s1. The second-order valence-electron chi connectivity index (χ2n) is 8.66. The highest BCUT2D eigenvalue weighted by Gasteiger charge is 2.31. The van der Waals surface area contributed by atoms with Crippen LogP contribution in [0, 0.1) is 0 Å². The van der Waals surface area contributed by atoms with Crippen molar-refractivity contribution >= 4 is 50.0 Å². The summed E-state index contributed by atoms with van der Waals surface area (Å²) < 4.78 is 7.20. The number of fused-ring (bicyclic) bond motifs is 2. The maximum atomic E-state index is 13.0. The molecule has 2 aliphatic rings. The Morgan fingerprint density at radius 3 is 2.85 bits per heavy atom. The quantitative estimate of drug-likeness (QED) is 0.486. The van der Waals surface area contributed by atoms with Gasteiger partial charge in [0.2, 0.25) is 0 Å². The summed E-state index contributed by atoms with van der Waals surface area (Å²) in [6, 6.07) is 8.29. The Labute approximate surface area is 195 Å². The predicted octanol–water partition coefficient (Wildman–Crippen LogP) is 3.12. The molecule has 0 bridgehead atoms. The fraction of sp³-hybridized carbons (Fsp3) is 0.391. The first-order chi connectivity index (χ1) is 16.1. The van der Waals surface area contributed by atoms with E-state index in [1.807, 2.05) is 37.5 Å². The summed E-state index contributed by atoms with van der Waals surface area (Å²) in [5, 5.41) is 8.64. The van der Waals surface area contributed by atoms with Crippen LogP contribution in [0.2, 0.25) is 0 Å². The van der Waals surface area contributed by atoms with Crippen molar-refractivity contribution < 1.29 is 9.53 Å². The minimum atomic E-state index is -0.278. The van der Waals surface area contributed by atoms with Crippen molar-refractivity contribution in [3.63, 3.8) is 0 Å². The van der Waals surface area contributed by atoms with Gasteiger partial charge in [-0.15, -0.1) is 0 Å². The van der Waals surface area contributed by atoms with Gasteiger partial charge in [-0.2, -0.15) is 5.10 Å². The Morgan fingerprint density at radius 1 is 1.18 bits per heavy atom. The van der Waals surface area contributed by atoms with Crippen LogP contribution in [0.3, 0.4) is 0 Å². The lowest BCUT2D eigenvalue weighted by atomic mass is 10.1. The van der Waals surface area contributed by atoms with E-state index in [2.05, 4.69) is 25.2 Å². The van der Waals surface area contributed by atoms with Gasteiger partial charge in [-0.3, -0.25) is 14.4 Å². The first-order valence-electron chi connectivity index (χ1n) is 11.2. The van der Waals surface area contributed by atoms with Gasteiger partial charge in [0, 0.05) is 43.8 Å². The number of nitrogens with one attached hydrogen (secondary N) is 1. The number of likely N-dealkylation sites (tertiary alicyclic amines) is 1. The van der Waals surface area contributed by atoms with Crippen LogP contribution in [0.4, 0.5) is 11.5 Å². The van der Waals surface area contributed by atoms with Gasteiger partial charge in [-0.05, 0) is 44.1 Å². The number of thiazole rings is 1. The molecule has 1 aromatic carbocycles. The highest BCUT2D eigenvalue weighted by Crippen LogP contribution is 2.32. The molecule has 0 aliphatic carbocycles. The summed E-state index contributed by atoms with van der Waals surface area (Å²) >= 11 is 1.31.